The molecule has 17 heavy (non-hydrogen) atoms. The number of rotatable bonds is 1. The minimum Gasteiger partial charge on any atom is -0.252 e. The fourth-order valence-corrected chi connectivity index (χ4v) is 3.54. The van der Waals surface area contributed by atoms with Crippen LogP contribution < -0.4 is 0 Å². The SMILES string of the molecule is SCc1c2c(nc3cc(Cl)cc(Cl)c13)CCC2. The third kappa shape index (κ3) is 1.83. The maximum atomic E-state index is 6.29. The van der Waals surface area contributed by atoms with E-state index in [0.717, 1.165) is 23.7 Å². The summed E-state index contributed by atoms with van der Waals surface area (Å²) in [5.74, 6) is 0.697. The largest absolute Gasteiger partial charge is 0.252 e. The Hall–Kier alpha value is -0.440. The number of aryl methyl sites for hydroxylation is 1. The molecule has 2 aromatic rings. The maximum absolute atomic E-state index is 6.29. The molecule has 0 saturated heterocycles. The first-order valence-electron chi connectivity index (χ1n) is 5.61. The van der Waals surface area contributed by atoms with Crippen LogP contribution >= 0.6 is 35.8 Å². The van der Waals surface area contributed by atoms with E-state index in [4.69, 9.17) is 23.2 Å². The van der Waals surface area contributed by atoms with Crippen LogP contribution in [0.2, 0.25) is 10.0 Å². The first kappa shape index (κ1) is 11.6. The molecule has 1 aliphatic rings. The lowest BCUT2D eigenvalue weighted by Gasteiger charge is -2.12. The van der Waals surface area contributed by atoms with E-state index in [2.05, 4.69) is 17.6 Å². The standard InChI is InChI=1S/C13H11Cl2NS/c14-7-4-10(15)13-9(6-17)8-2-1-3-11(8)16-12(13)5-7/h4-5,17H,1-3,6H2. The van der Waals surface area contributed by atoms with Crippen LogP contribution in [0.25, 0.3) is 10.9 Å². The van der Waals surface area contributed by atoms with Crippen LogP contribution in [-0.2, 0) is 18.6 Å². The van der Waals surface area contributed by atoms with Crippen LogP contribution in [0.5, 0.6) is 0 Å². The van der Waals surface area contributed by atoms with Crippen molar-refractivity contribution in [1.82, 2.24) is 4.98 Å². The van der Waals surface area contributed by atoms with Gasteiger partial charge in [-0.1, -0.05) is 23.2 Å². The van der Waals surface area contributed by atoms with Gasteiger partial charge in [0.1, 0.15) is 0 Å². The average molecular weight is 284 g/mol. The van der Waals surface area contributed by atoms with Crippen molar-refractivity contribution in [3.05, 3.63) is 39.0 Å². The Bertz CT molecular complexity index is 610. The number of halogens is 2. The zero-order valence-electron chi connectivity index (χ0n) is 9.13. The van der Waals surface area contributed by atoms with Crippen LogP contribution in [0.3, 0.4) is 0 Å². The van der Waals surface area contributed by atoms with Gasteiger partial charge in [-0.25, -0.2) is 0 Å². The third-order valence-corrected chi connectivity index (χ3v) is 4.14. The first-order valence-corrected chi connectivity index (χ1v) is 7.00. The predicted molar refractivity (Wildman–Crippen MR) is 76.5 cm³/mol. The zero-order valence-corrected chi connectivity index (χ0v) is 11.5. The van der Waals surface area contributed by atoms with E-state index in [9.17, 15) is 0 Å². The van der Waals surface area contributed by atoms with Gasteiger partial charge < -0.3 is 0 Å². The van der Waals surface area contributed by atoms with Gasteiger partial charge in [0.25, 0.3) is 0 Å². The summed E-state index contributed by atoms with van der Waals surface area (Å²) in [7, 11) is 0. The quantitative estimate of drug-likeness (QED) is 0.763. The number of nitrogens with zero attached hydrogens (tertiary/aromatic N) is 1. The minimum atomic E-state index is 0.637. The first-order chi connectivity index (χ1) is 8.20. The number of hydrogen-bond donors (Lipinski definition) is 1. The molecule has 1 heterocycles. The average Bonchev–Trinajstić information content (AvgIpc) is 2.73. The van der Waals surface area contributed by atoms with Crippen molar-refractivity contribution in [3.8, 4) is 0 Å². The van der Waals surface area contributed by atoms with E-state index in [-0.39, 0.29) is 0 Å². The molecule has 1 aromatic heterocycles. The summed E-state index contributed by atoms with van der Waals surface area (Å²) < 4.78 is 0. The van der Waals surface area contributed by atoms with Crippen LogP contribution in [0.1, 0.15) is 23.2 Å². The van der Waals surface area contributed by atoms with Gasteiger partial charge in [-0.05, 0) is 42.5 Å². The molecule has 0 amide bonds. The van der Waals surface area contributed by atoms with Crippen LogP contribution in [0, 0.1) is 0 Å². The Morgan fingerprint density at radius 3 is 2.82 bits per heavy atom. The minimum absolute atomic E-state index is 0.637. The third-order valence-electron chi connectivity index (χ3n) is 3.30. The molecule has 1 aromatic carbocycles. The van der Waals surface area contributed by atoms with E-state index in [1.165, 1.54) is 23.2 Å². The van der Waals surface area contributed by atoms with Gasteiger partial charge in [-0.2, -0.15) is 12.6 Å². The summed E-state index contributed by atoms with van der Waals surface area (Å²) in [4.78, 5) is 4.68. The van der Waals surface area contributed by atoms with Crippen molar-refractivity contribution in [3.63, 3.8) is 0 Å². The lowest BCUT2D eigenvalue weighted by atomic mass is 10.0. The molecule has 0 spiro atoms. The molecule has 1 nitrogen and oxygen atoms in total. The van der Waals surface area contributed by atoms with Gasteiger partial charge in [-0.15, -0.1) is 0 Å². The maximum Gasteiger partial charge on any atom is 0.0738 e. The highest BCUT2D eigenvalue weighted by atomic mass is 35.5. The molecule has 88 valence electrons. The second-order valence-electron chi connectivity index (χ2n) is 4.31. The molecule has 0 fully saturated rings. The van der Waals surface area contributed by atoms with Crippen LogP contribution in [-0.4, -0.2) is 4.98 Å². The normalized spacial score (nSPS) is 14.3. The Balaban J connectivity index is 2.45. The highest BCUT2D eigenvalue weighted by Gasteiger charge is 2.20. The Morgan fingerprint density at radius 1 is 1.24 bits per heavy atom. The number of thiol groups is 1. The number of fused-ring (bicyclic) bond motifs is 2. The molecule has 0 bridgehead atoms. The highest BCUT2D eigenvalue weighted by Crippen LogP contribution is 2.36. The number of hydrogen-bond acceptors (Lipinski definition) is 2. The molecular formula is C13H11Cl2NS. The number of pyridine rings is 1. The molecule has 0 unspecified atom stereocenters. The topological polar surface area (TPSA) is 12.9 Å². The molecule has 0 aliphatic heterocycles. The van der Waals surface area contributed by atoms with Crippen molar-refractivity contribution in [2.45, 2.75) is 25.0 Å². The van der Waals surface area contributed by atoms with Gasteiger partial charge in [0.15, 0.2) is 0 Å². The molecule has 0 atom stereocenters. The van der Waals surface area contributed by atoms with Crippen LogP contribution in [0.4, 0.5) is 0 Å². The Morgan fingerprint density at radius 2 is 2.06 bits per heavy atom. The smallest absolute Gasteiger partial charge is 0.0738 e. The lowest BCUT2D eigenvalue weighted by Crippen LogP contribution is -1.97. The Kier molecular flexibility index (Phi) is 2.97. The summed E-state index contributed by atoms with van der Waals surface area (Å²) >= 11 is 16.8. The van der Waals surface area contributed by atoms with Crippen molar-refractivity contribution in [2.75, 3.05) is 0 Å². The highest BCUT2D eigenvalue weighted by molar-refractivity contribution is 7.79. The van der Waals surface area contributed by atoms with Crippen molar-refractivity contribution in [1.29, 1.82) is 0 Å². The van der Waals surface area contributed by atoms with Gasteiger partial charge >= 0.3 is 0 Å². The molecular weight excluding hydrogens is 273 g/mol. The summed E-state index contributed by atoms with van der Waals surface area (Å²) in [6.45, 7) is 0. The van der Waals surface area contributed by atoms with Gasteiger partial charge in [0.05, 0.1) is 10.5 Å². The lowest BCUT2D eigenvalue weighted by molar-refractivity contribution is 0.900. The Labute approximate surface area is 116 Å². The number of aromatic nitrogens is 1. The van der Waals surface area contributed by atoms with Crippen molar-refractivity contribution in [2.24, 2.45) is 0 Å². The van der Waals surface area contributed by atoms with Crippen LogP contribution in [0.15, 0.2) is 12.1 Å². The summed E-state index contributed by atoms with van der Waals surface area (Å²) in [6.07, 6.45) is 3.31. The molecule has 4 heteroatoms. The molecule has 0 N–H and O–H groups in total. The van der Waals surface area contributed by atoms with Gasteiger partial charge in [0.2, 0.25) is 0 Å². The fourth-order valence-electron chi connectivity index (χ4n) is 2.59. The molecule has 3 rings (SSSR count). The molecule has 1 aliphatic carbocycles. The number of benzene rings is 1. The van der Waals surface area contributed by atoms with Gasteiger partial charge in [0, 0.05) is 21.9 Å². The van der Waals surface area contributed by atoms with E-state index < -0.39 is 0 Å². The van der Waals surface area contributed by atoms with E-state index >= 15 is 0 Å². The van der Waals surface area contributed by atoms with E-state index in [1.54, 1.807) is 6.07 Å². The summed E-state index contributed by atoms with van der Waals surface area (Å²) in [6, 6.07) is 3.66. The molecule has 0 saturated carbocycles. The second-order valence-corrected chi connectivity index (χ2v) is 5.47. The van der Waals surface area contributed by atoms with Crippen molar-refractivity contribution < 1.29 is 0 Å². The predicted octanol–water partition coefficient (Wildman–Crippen LogP) is 4.46. The van der Waals surface area contributed by atoms with Crippen molar-refractivity contribution >= 4 is 46.7 Å². The fraction of sp³-hybridized carbons (Fsp3) is 0.308. The second kappa shape index (κ2) is 4.34. The van der Waals surface area contributed by atoms with E-state index in [1.807, 2.05) is 6.07 Å². The van der Waals surface area contributed by atoms with E-state index in [0.29, 0.717) is 15.8 Å². The monoisotopic (exact) mass is 283 g/mol. The zero-order chi connectivity index (χ0) is 12.0. The van der Waals surface area contributed by atoms with Gasteiger partial charge in [-0.3, -0.25) is 4.98 Å². The molecule has 0 radical (unpaired) electrons. The summed E-state index contributed by atoms with van der Waals surface area (Å²) in [5, 5.41) is 2.34. The summed E-state index contributed by atoms with van der Waals surface area (Å²) in [5.41, 5.74) is 4.66.